The maximum atomic E-state index is 13.7. The fourth-order valence-electron chi connectivity index (χ4n) is 2.39. The van der Waals surface area contributed by atoms with Crippen molar-refractivity contribution in [2.45, 2.75) is 25.9 Å². The Morgan fingerprint density at radius 1 is 1.33 bits per heavy atom. The SMILES string of the molecule is CC1CN([C@@H](C)c2cc(F)cc(F)c2F)CCN1. The van der Waals surface area contributed by atoms with Crippen LogP contribution in [-0.2, 0) is 0 Å². The molecule has 1 saturated heterocycles. The molecule has 1 aliphatic heterocycles. The first-order valence-electron chi connectivity index (χ1n) is 6.11. The van der Waals surface area contributed by atoms with Crippen molar-refractivity contribution < 1.29 is 13.2 Å². The van der Waals surface area contributed by atoms with Crippen LogP contribution in [0.3, 0.4) is 0 Å². The zero-order valence-electron chi connectivity index (χ0n) is 10.5. The molecule has 1 aliphatic rings. The summed E-state index contributed by atoms with van der Waals surface area (Å²) in [4.78, 5) is 2.03. The second-order valence-corrected chi connectivity index (χ2v) is 4.82. The van der Waals surface area contributed by atoms with Crippen molar-refractivity contribution in [3.8, 4) is 0 Å². The van der Waals surface area contributed by atoms with Crippen LogP contribution in [0.1, 0.15) is 25.5 Å². The van der Waals surface area contributed by atoms with Crippen LogP contribution in [0.2, 0.25) is 0 Å². The van der Waals surface area contributed by atoms with Crippen molar-refractivity contribution in [1.29, 1.82) is 0 Å². The second-order valence-electron chi connectivity index (χ2n) is 4.82. The van der Waals surface area contributed by atoms with Crippen LogP contribution < -0.4 is 5.32 Å². The number of halogens is 3. The smallest absolute Gasteiger partial charge is 0.163 e. The number of benzene rings is 1. The summed E-state index contributed by atoms with van der Waals surface area (Å²) >= 11 is 0. The fourth-order valence-corrected chi connectivity index (χ4v) is 2.39. The molecule has 1 aromatic rings. The highest BCUT2D eigenvalue weighted by Gasteiger charge is 2.25. The molecule has 0 aliphatic carbocycles. The highest BCUT2D eigenvalue weighted by Crippen LogP contribution is 2.26. The molecule has 5 heteroatoms. The highest BCUT2D eigenvalue weighted by molar-refractivity contribution is 5.23. The number of rotatable bonds is 2. The predicted octanol–water partition coefficient (Wildman–Crippen LogP) is 2.46. The van der Waals surface area contributed by atoms with E-state index in [1.54, 1.807) is 6.92 Å². The molecule has 100 valence electrons. The first kappa shape index (κ1) is 13.4. The summed E-state index contributed by atoms with van der Waals surface area (Å²) in [5.41, 5.74) is 0.0848. The van der Waals surface area contributed by atoms with E-state index in [4.69, 9.17) is 0 Å². The Morgan fingerprint density at radius 2 is 2.06 bits per heavy atom. The van der Waals surface area contributed by atoms with Crippen molar-refractivity contribution in [2.24, 2.45) is 0 Å². The molecule has 0 radical (unpaired) electrons. The van der Waals surface area contributed by atoms with Gasteiger partial charge in [0, 0.05) is 43.3 Å². The molecule has 2 rings (SSSR count). The Morgan fingerprint density at radius 3 is 2.72 bits per heavy atom. The van der Waals surface area contributed by atoms with E-state index in [1.165, 1.54) is 0 Å². The maximum Gasteiger partial charge on any atom is 0.163 e. The summed E-state index contributed by atoms with van der Waals surface area (Å²) in [7, 11) is 0. The normalized spacial score (nSPS) is 23.1. The van der Waals surface area contributed by atoms with E-state index < -0.39 is 17.5 Å². The minimum Gasteiger partial charge on any atom is -0.312 e. The molecule has 1 unspecified atom stereocenters. The third-order valence-electron chi connectivity index (χ3n) is 3.42. The van der Waals surface area contributed by atoms with Crippen LogP contribution in [0.15, 0.2) is 12.1 Å². The number of piperazine rings is 1. The lowest BCUT2D eigenvalue weighted by atomic mass is 10.0. The van der Waals surface area contributed by atoms with Gasteiger partial charge in [-0.1, -0.05) is 0 Å². The molecular weight excluding hydrogens is 241 g/mol. The van der Waals surface area contributed by atoms with Gasteiger partial charge in [-0.15, -0.1) is 0 Å². The molecule has 1 aromatic carbocycles. The number of hydrogen-bond acceptors (Lipinski definition) is 2. The Balaban J connectivity index is 2.25. The molecule has 1 heterocycles. The van der Waals surface area contributed by atoms with E-state index in [1.807, 2.05) is 11.8 Å². The van der Waals surface area contributed by atoms with Crippen LogP contribution in [-0.4, -0.2) is 30.6 Å². The van der Waals surface area contributed by atoms with Gasteiger partial charge in [-0.05, 0) is 19.9 Å². The molecule has 0 bridgehead atoms. The second kappa shape index (κ2) is 5.28. The highest BCUT2D eigenvalue weighted by atomic mass is 19.2. The quantitative estimate of drug-likeness (QED) is 0.820. The van der Waals surface area contributed by atoms with Gasteiger partial charge < -0.3 is 5.32 Å². The van der Waals surface area contributed by atoms with Crippen LogP contribution >= 0.6 is 0 Å². The van der Waals surface area contributed by atoms with E-state index in [0.717, 1.165) is 25.7 Å². The molecule has 0 saturated carbocycles. The van der Waals surface area contributed by atoms with Crippen LogP contribution in [0.5, 0.6) is 0 Å². The predicted molar refractivity (Wildman–Crippen MR) is 63.8 cm³/mol. The average molecular weight is 258 g/mol. The number of nitrogens with zero attached hydrogens (tertiary/aromatic N) is 1. The Hall–Kier alpha value is -1.07. The van der Waals surface area contributed by atoms with Crippen LogP contribution in [0.25, 0.3) is 0 Å². The summed E-state index contributed by atoms with van der Waals surface area (Å²) < 4.78 is 40.1. The number of hydrogen-bond donors (Lipinski definition) is 1. The molecule has 0 aromatic heterocycles. The lowest BCUT2D eigenvalue weighted by Gasteiger charge is -2.36. The lowest BCUT2D eigenvalue weighted by Crippen LogP contribution is -2.49. The van der Waals surface area contributed by atoms with Gasteiger partial charge in [-0.25, -0.2) is 13.2 Å². The van der Waals surface area contributed by atoms with Gasteiger partial charge in [0.1, 0.15) is 5.82 Å². The number of nitrogens with one attached hydrogen (secondary N) is 1. The van der Waals surface area contributed by atoms with Crippen LogP contribution in [0.4, 0.5) is 13.2 Å². The van der Waals surface area contributed by atoms with Gasteiger partial charge in [-0.2, -0.15) is 0 Å². The zero-order valence-corrected chi connectivity index (χ0v) is 10.5. The lowest BCUT2D eigenvalue weighted by molar-refractivity contribution is 0.155. The Labute approximate surface area is 105 Å². The standard InChI is InChI=1S/C13H17F3N2/c1-8-7-18(4-3-17-8)9(2)11-5-10(14)6-12(15)13(11)16/h5-6,8-9,17H,3-4,7H2,1-2H3/t8?,9-/m0/s1. The Kier molecular flexibility index (Phi) is 3.92. The third kappa shape index (κ3) is 2.67. The van der Waals surface area contributed by atoms with Crippen molar-refractivity contribution in [2.75, 3.05) is 19.6 Å². The van der Waals surface area contributed by atoms with Gasteiger partial charge in [-0.3, -0.25) is 4.90 Å². The van der Waals surface area contributed by atoms with E-state index in [0.29, 0.717) is 12.1 Å². The summed E-state index contributed by atoms with van der Waals surface area (Å²) in [6, 6.07) is 1.62. The van der Waals surface area contributed by atoms with Crippen molar-refractivity contribution in [3.63, 3.8) is 0 Å². The summed E-state index contributed by atoms with van der Waals surface area (Å²) in [6.07, 6.45) is 0. The fraction of sp³-hybridized carbons (Fsp3) is 0.538. The summed E-state index contributed by atoms with van der Waals surface area (Å²) in [5.74, 6) is -2.81. The van der Waals surface area contributed by atoms with E-state index >= 15 is 0 Å². The molecular formula is C13H17F3N2. The summed E-state index contributed by atoms with van der Waals surface area (Å²) in [5, 5.41) is 3.27. The first-order chi connectivity index (χ1) is 8.49. The maximum absolute atomic E-state index is 13.7. The molecule has 1 fully saturated rings. The Bertz CT molecular complexity index is 436. The van der Waals surface area contributed by atoms with Gasteiger partial charge in [0.15, 0.2) is 11.6 Å². The van der Waals surface area contributed by atoms with Crippen molar-refractivity contribution in [3.05, 3.63) is 35.1 Å². The van der Waals surface area contributed by atoms with Gasteiger partial charge in [0.2, 0.25) is 0 Å². The van der Waals surface area contributed by atoms with E-state index in [-0.39, 0.29) is 11.6 Å². The monoisotopic (exact) mass is 258 g/mol. The molecule has 2 atom stereocenters. The topological polar surface area (TPSA) is 15.3 Å². The van der Waals surface area contributed by atoms with Gasteiger partial charge >= 0.3 is 0 Å². The molecule has 18 heavy (non-hydrogen) atoms. The van der Waals surface area contributed by atoms with Crippen molar-refractivity contribution >= 4 is 0 Å². The van der Waals surface area contributed by atoms with Crippen molar-refractivity contribution in [1.82, 2.24) is 10.2 Å². The third-order valence-corrected chi connectivity index (χ3v) is 3.42. The van der Waals surface area contributed by atoms with Crippen LogP contribution in [0, 0.1) is 17.5 Å². The zero-order chi connectivity index (χ0) is 13.3. The summed E-state index contributed by atoms with van der Waals surface area (Å²) in [6.45, 7) is 6.07. The molecule has 0 amide bonds. The van der Waals surface area contributed by atoms with E-state index in [2.05, 4.69) is 5.32 Å². The van der Waals surface area contributed by atoms with Gasteiger partial charge in [0.25, 0.3) is 0 Å². The average Bonchev–Trinajstić information content (AvgIpc) is 2.33. The van der Waals surface area contributed by atoms with Gasteiger partial charge in [0.05, 0.1) is 0 Å². The minimum absolute atomic E-state index is 0.0848. The minimum atomic E-state index is -1.12. The molecule has 2 nitrogen and oxygen atoms in total. The molecule has 0 spiro atoms. The van der Waals surface area contributed by atoms with E-state index in [9.17, 15) is 13.2 Å². The first-order valence-corrected chi connectivity index (χ1v) is 6.11. The molecule has 1 N–H and O–H groups in total. The largest absolute Gasteiger partial charge is 0.312 e.